The highest BCUT2D eigenvalue weighted by Gasteiger charge is 2.23. The molecule has 0 aliphatic carbocycles. The number of methoxy groups -OCH3 is 1. The fourth-order valence-electron chi connectivity index (χ4n) is 2.32. The van der Waals surface area contributed by atoms with Gasteiger partial charge in [-0.15, -0.1) is 0 Å². The van der Waals surface area contributed by atoms with Gasteiger partial charge in [-0.3, -0.25) is 4.79 Å². The smallest absolute Gasteiger partial charge is 0.231 e. The molecule has 0 bridgehead atoms. The van der Waals surface area contributed by atoms with E-state index in [2.05, 4.69) is 6.92 Å². The van der Waals surface area contributed by atoms with Gasteiger partial charge in [0.1, 0.15) is 5.76 Å². The molecular weight excluding hydrogens is 322 g/mol. The van der Waals surface area contributed by atoms with Crippen molar-refractivity contribution in [3.8, 4) is 17.2 Å². The van der Waals surface area contributed by atoms with E-state index in [4.69, 9.17) is 24.4 Å². The summed E-state index contributed by atoms with van der Waals surface area (Å²) in [6, 6.07) is 5.58. The third-order valence-electron chi connectivity index (χ3n) is 3.46. The monoisotopic (exact) mass is 345 g/mol. The van der Waals surface area contributed by atoms with Crippen molar-refractivity contribution < 1.29 is 23.4 Å². The van der Waals surface area contributed by atoms with Gasteiger partial charge in [-0.1, -0.05) is 6.92 Å². The van der Waals surface area contributed by atoms with Crippen LogP contribution in [-0.4, -0.2) is 19.7 Å². The van der Waals surface area contributed by atoms with Gasteiger partial charge < -0.3 is 24.4 Å². The van der Waals surface area contributed by atoms with Crippen LogP contribution in [0, 0.1) is 0 Å². The number of aryl methyl sites for hydroxylation is 1. The second kappa shape index (κ2) is 8.82. The Kier molecular flexibility index (Phi) is 6.51. The Bertz CT molecular complexity index is 735. The summed E-state index contributed by atoms with van der Waals surface area (Å²) in [5, 5.41) is 0. The molecule has 6 nitrogen and oxygen atoms in total. The molecule has 3 rings (SSSR count). The van der Waals surface area contributed by atoms with E-state index in [1.54, 1.807) is 18.4 Å². The lowest BCUT2D eigenvalue weighted by Crippen LogP contribution is -1.96. The fraction of sp³-hybridized carbons (Fsp3) is 0.316. The summed E-state index contributed by atoms with van der Waals surface area (Å²) in [6.45, 7) is 3.75. The second-order valence-corrected chi connectivity index (χ2v) is 5.42. The van der Waals surface area contributed by atoms with E-state index >= 15 is 0 Å². The molecule has 2 N–H and O–H groups in total. The predicted octanol–water partition coefficient (Wildman–Crippen LogP) is 3.84. The summed E-state index contributed by atoms with van der Waals surface area (Å²) in [5.41, 5.74) is 6.97. The summed E-state index contributed by atoms with van der Waals surface area (Å²) in [6.07, 6.45) is 6.97. The van der Waals surface area contributed by atoms with E-state index in [-0.39, 0.29) is 12.6 Å². The van der Waals surface area contributed by atoms with Crippen molar-refractivity contribution in [2.24, 2.45) is 0 Å². The molecule has 0 amide bonds. The van der Waals surface area contributed by atoms with Crippen molar-refractivity contribution in [3.05, 3.63) is 41.9 Å². The maximum absolute atomic E-state index is 10.9. The van der Waals surface area contributed by atoms with Crippen LogP contribution in [0.1, 0.15) is 31.6 Å². The molecule has 1 aliphatic rings. The number of carbonyl (C=O) groups excluding carboxylic acids is 1. The van der Waals surface area contributed by atoms with Crippen molar-refractivity contribution in [3.63, 3.8) is 0 Å². The summed E-state index contributed by atoms with van der Waals surface area (Å²) >= 11 is 0. The summed E-state index contributed by atoms with van der Waals surface area (Å²) < 4.78 is 20.9. The average molecular weight is 345 g/mol. The lowest BCUT2D eigenvalue weighted by Gasteiger charge is -2.10. The van der Waals surface area contributed by atoms with Gasteiger partial charge in [-0.25, -0.2) is 0 Å². The first-order chi connectivity index (χ1) is 12.1. The molecule has 0 saturated carbocycles. The number of anilines is 1. The molecule has 0 spiro atoms. The number of ether oxygens (including phenoxy) is 3. The van der Waals surface area contributed by atoms with Crippen molar-refractivity contribution >= 4 is 17.5 Å². The lowest BCUT2D eigenvalue weighted by molar-refractivity contribution is -0.112. The van der Waals surface area contributed by atoms with Crippen LogP contribution in [0.3, 0.4) is 0 Å². The Morgan fingerprint density at radius 2 is 2.20 bits per heavy atom. The van der Waals surface area contributed by atoms with Crippen LogP contribution in [-0.2, 0) is 11.2 Å². The normalized spacial score (nSPS) is 12.0. The van der Waals surface area contributed by atoms with Crippen molar-refractivity contribution in [2.45, 2.75) is 26.7 Å². The molecule has 0 fully saturated rings. The number of nitrogen functional groups attached to an aromatic ring is 1. The Morgan fingerprint density at radius 3 is 2.80 bits per heavy atom. The summed E-state index contributed by atoms with van der Waals surface area (Å²) in [5.74, 6) is 2.58. The largest absolute Gasteiger partial charge is 0.492 e. The third-order valence-corrected chi connectivity index (χ3v) is 3.46. The number of nitrogens with two attached hydrogens (primary N) is 1. The van der Waals surface area contributed by atoms with E-state index in [0.29, 0.717) is 28.5 Å². The maximum Gasteiger partial charge on any atom is 0.231 e. The van der Waals surface area contributed by atoms with Crippen LogP contribution in [0.4, 0.5) is 5.69 Å². The number of hydrogen-bond acceptors (Lipinski definition) is 6. The molecule has 2 aromatic rings. The summed E-state index contributed by atoms with van der Waals surface area (Å²) in [7, 11) is 1.52. The Morgan fingerprint density at radius 1 is 1.40 bits per heavy atom. The molecule has 1 aromatic heterocycles. The number of furan rings is 1. The molecule has 0 unspecified atom stereocenters. The quantitative estimate of drug-likeness (QED) is 0.655. The van der Waals surface area contributed by atoms with Crippen LogP contribution < -0.4 is 19.9 Å². The topological polar surface area (TPSA) is 83.9 Å². The van der Waals surface area contributed by atoms with Gasteiger partial charge in [-0.2, -0.15) is 0 Å². The van der Waals surface area contributed by atoms with E-state index in [1.807, 2.05) is 12.1 Å². The van der Waals surface area contributed by atoms with Crippen molar-refractivity contribution in [2.75, 3.05) is 19.6 Å². The first kappa shape index (κ1) is 18.4. The highest BCUT2D eigenvalue weighted by atomic mass is 16.7. The minimum Gasteiger partial charge on any atom is -0.492 e. The summed E-state index contributed by atoms with van der Waals surface area (Å²) in [4.78, 5) is 10.9. The van der Waals surface area contributed by atoms with E-state index in [0.717, 1.165) is 18.6 Å². The molecule has 0 atom stereocenters. The molecule has 6 heteroatoms. The zero-order valence-electron chi connectivity index (χ0n) is 14.7. The van der Waals surface area contributed by atoms with Gasteiger partial charge in [0, 0.05) is 23.7 Å². The molecular formula is C19H23NO5. The van der Waals surface area contributed by atoms with Crippen molar-refractivity contribution in [1.82, 2.24) is 0 Å². The number of allylic oxidation sites excluding steroid dienone is 1. The number of fused-ring (bicyclic) bond motifs is 1. The van der Waals surface area contributed by atoms with Crippen LogP contribution in [0.5, 0.6) is 17.2 Å². The first-order valence-corrected chi connectivity index (χ1v) is 8.03. The molecule has 1 aromatic carbocycles. The predicted molar refractivity (Wildman–Crippen MR) is 95.9 cm³/mol. The minimum absolute atomic E-state index is 0.0656. The fourth-order valence-corrected chi connectivity index (χ4v) is 2.32. The molecule has 25 heavy (non-hydrogen) atoms. The molecule has 134 valence electrons. The van der Waals surface area contributed by atoms with Gasteiger partial charge >= 0.3 is 0 Å². The van der Waals surface area contributed by atoms with Crippen LogP contribution >= 0.6 is 0 Å². The zero-order valence-corrected chi connectivity index (χ0v) is 14.7. The maximum atomic E-state index is 10.9. The Hall–Kier alpha value is -2.89. The van der Waals surface area contributed by atoms with Gasteiger partial charge in [-0.05, 0) is 37.6 Å². The highest BCUT2D eigenvalue weighted by Crippen LogP contribution is 2.46. The van der Waals surface area contributed by atoms with Gasteiger partial charge in [0.15, 0.2) is 17.3 Å². The van der Waals surface area contributed by atoms with Crippen LogP contribution in [0.15, 0.2) is 35.0 Å². The van der Waals surface area contributed by atoms with Gasteiger partial charge in [0.05, 0.1) is 13.4 Å². The number of rotatable bonds is 5. The number of ketones is 1. The second-order valence-electron chi connectivity index (χ2n) is 5.42. The average Bonchev–Trinajstić information content (AvgIpc) is 3.24. The molecule has 2 heterocycles. The van der Waals surface area contributed by atoms with E-state index in [9.17, 15) is 4.79 Å². The standard InChI is InChI=1S/C12H13NO4.C7H10O/c1-7(14)3-4-8-9(13)5-10-12(11(8)15-2)17-6-16-10;1-2-4-7-5-3-6-8-7/h3-5H,6,13H2,1-2H3;3,5-6H,2,4H2,1H3/b4-3+;. The molecule has 0 radical (unpaired) electrons. The van der Waals surface area contributed by atoms with Crippen LogP contribution in [0.2, 0.25) is 0 Å². The van der Waals surface area contributed by atoms with Crippen LogP contribution in [0.25, 0.3) is 6.08 Å². The number of hydrogen-bond donors (Lipinski definition) is 1. The molecule has 0 saturated heterocycles. The van der Waals surface area contributed by atoms with Gasteiger partial charge in [0.25, 0.3) is 0 Å². The SMILES string of the molecule is CCCc1ccco1.COc1c(/C=C/C(C)=O)c(N)cc2c1OCO2. The van der Waals surface area contributed by atoms with E-state index < -0.39 is 0 Å². The Balaban J connectivity index is 0.000000236. The lowest BCUT2D eigenvalue weighted by atomic mass is 10.1. The third kappa shape index (κ3) is 4.79. The highest BCUT2D eigenvalue weighted by molar-refractivity contribution is 5.93. The zero-order chi connectivity index (χ0) is 18.2. The number of benzene rings is 1. The molecule has 1 aliphatic heterocycles. The Labute approximate surface area is 147 Å². The van der Waals surface area contributed by atoms with E-state index in [1.165, 1.54) is 20.1 Å². The minimum atomic E-state index is -0.0656. The van der Waals surface area contributed by atoms with Crippen molar-refractivity contribution in [1.29, 1.82) is 0 Å². The number of carbonyl (C=O) groups is 1. The van der Waals surface area contributed by atoms with Gasteiger partial charge in [0.2, 0.25) is 12.5 Å². The first-order valence-electron chi connectivity index (χ1n) is 8.03.